The number of ether oxygens (including phenoxy) is 1. The molecule has 1 heterocycles. The Kier molecular flexibility index (Phi) is 6.86. The van der Waals surface area contributed by atoms with Crippen LogP contribution in [0.15, 0.2) is 30.3 Å². The van der Waals surface area contributed by atoms with Gasteiger partial charge in [-0.2, -0.15) is 0 Å². The van der Waals surface area contributed by atoms with E-state index in [2.05, 4.69) is 30.9 Å². The van der Waals surface area contributed by atoms with Crippen molar-refractivity contribution < 1.29 is 14.6 Å². The van der Waals surface area contributed by atoms with Crippen molar-refractivity contribution in [3.05, 3.63) is 35.9 Å². The van der Waals surface area contributed by atoms with E-state index in [0.717, 1.165) is 32.4 Å². The molecular weight excluding hydrogens is 326 g/mol. The molecule has 1 N–H and O–H groups in total. The average Bonchev–Trinajstić information content (AvgIpc) is 2.80. The van der Waals surface area contributed by atoms with Crippen molar-refractivity contribution in [1.82, 2.24) is 4.90 Å². The lowest BCUT2D eigenvalue weighted by molar-refractivity contribution is -0.162. The number of carbonyl (C=O) groups excluding carboxylic acids is 1. The summed E-state index contributed by atoms with van der Waals surface area (Å²) in [7, 11) is 0. The Balaban J connectivity index is 2.05. The number of esters is 1. The SMILES string of the molecule is CC(C)CC1(CC(=O)OC(C)(C)C)CCN(CCc2ccccc2)C1O. The second kappa shape index (κ2) is 8.53. The summed E-state index contributed by atoms with van der Waals surface area (Å²) in [6.07, 6.45) is 2.25. The van der Waals surface area contributed by atoms with Gasteiger partial charge in [0.1, 0.15) is 11.8 Å². The fourth-order valence-electron chi connectivity index (χ4n) is 4.09. The van der Waals surface area contributed by atoms with Gasteiger partial charge in [-0.05, 0) is 51.5 Å². The monoisotopic (exact) mass is 361 g/mol. The third-order valence-corrected chi connectivity index (χ3v) is 5.05. The summed E-state index contributed by atoms with van der Waals surface area (Å²) in [6.45, 7) is 11.6. The van der Waals surface area contributed by atoms with Crippen LogP contribution in [-0.4, -0.2) is 40.9 Å². The van der Waals surface area contributed by atoms with Gasteiger partial charge in [0.2, 0.25) is 0 Å². The Bertz CT molecular complexity index is 579. The summed E-state index contributed by atoms with van der Waals surface area (Å²) in [5.74, 6) is 0.211. The van der Waals surface area contributed by atoms with Gasteiger partial charge < -0.3 is 9.84 Å². The van der Waals surface area contributed by atoms with Crippen LogP contribution < -0.4 is 0 Å². The second-order valence-electron chi connectivity index (χ2n) is 9.12. The minimum atomic E-state index is -0.596. The van der Waals surface area contributed by atoms with E-state index in [1.807, 2.05) is 39.0 Å². The molecule has 1 saturated heterocycles. The van der Waals surface area contributed by atoms with Gasteiger partial charge in [0.25, 0.3) is 0 Å². The van der Waals surface area contributed by atoms with Crippen LogP contribution in [0.25, 0.3) is 0 Å². The van der Waals surface area contributed by atoms with Gasteiger partial charge in [-0.3, -0.25) is 9.69 Å². The van der Waals surface area contributed by atoms with Crippen LogP contribution in [0.1, 0.15) is 59.4 Å². The van der Waals surface area contributed by atoms with E-state index in [4.69, 9.17) is 4.74 Å². The number of hydrogen-bond acceptors (Lipinski definition) is 4. The highest BCUT2D eigenvalue weighted by Gasteiger charge is 2.48. The lowest BCUT2D eigenvalue weighted by Crippen LogP contribution is -2.43. The number of carbonyl (C=O) groups is 1. The zero-order valence-electron chi connectivity index (χ0n) is 17.0. The molecule has 1 aliphatic rings. The topological polar surface area (TPSA) is 49.8 Å². The molecular formula is C22H35NO3. The number of nitrogens with zero attached hydrogens (tertiary/aromatic N) is 1. The van der Waals surface area contributed by atoms with E-state index in [-0.39, 0.29) is 12.4 Å². The average molecular weight is 362 g/mol. The molecule has 2 rings (SSSR count). The van der Waals surface area contributed by atoms with Crippen molar-refractivity contribution in [2.45, 2.75) is 72.1 Å². The molecule has 2 unspecified atom stereocenters. The molecule has 0 amide bonds. The molecule has 0 radical (unpaired) electrons. The predicted molar refractivity (Wildman–Crippen MR) is 105 cm³/mol. The molecule has 146 valence electrons. The standard InChI is InChI=1S/C22H35NO3/c1-17(2)15-22(16-19(24)26-21(3,4)5)12-14-23(20(22)25)13-11-18-9-7-6-8-10-18/h6-10,17,20,25H,11-16H2,1-5H3. The minimum absolute atomic E-state index is 0.206. The second-order valence-corrected chi connectivity index (χ2v) is 9.12. The molecule has 0 aliphatic carbocycles. The van der Waals surface area contributed by atoms with Crippen LogP contribution in [0, 0.1) is 11.3 Å². The number of rotatable bonds is 7. The van der Waals surface area contributed by atoms with Gasteiger partial charge >= 0.3 is 5.97 Å². The molecule has 1 aromatic carbocycles. The van der Waals surface area contributed by atoms with Crippen molar-refractivity contribution >= 4 is 5.97 Å². The van der Waals surface area contributed by atoms with E-state index in [1.165, 1.54) is 5.56 Å². The fraction of sp³-hybridized carbons (Fsp3) is 0.682. The highest BCUT2D eigenvalue weighted by molar-refractivity contribution is 5.71. The Labute approximate surface area is 158 Å². The first kappa shape index (κ1) is 20.9. The molecule has 1 aliphatic heterocycles. The normalized spacial score (nSPS) is 24.2. The highest BCUT2D eigenvalue weighted by Crippen LogP contribution is 2.44. The third-order valence-electron chi connectivity index (χ3n) is 5.05. The molecule has 2 atom stereocenters. The van der Waals surface area contributed by atoms with E-state index >= 15 is 0 Å². The number of aliphatic hydroxyl groups is 1. The largest absolute Gasteiger partial charge is 0.460 e. The van der Waals surface area contributed by atoms with Crippen molar-refractivity contribution in [3.63, 3.8) is 0 Å². The Morgan fingerprint density at radius 1 is 1.31 bits per heavy atom. The maximum absolute atomic E-state index is 12.5. The van der Waals surface area contributed by atoms with Gasteiger partial charge in [-0.25, -0.2) is 0 Å². The van der Waals surface area contributed by atoms with Crippen molar-refractivity contribution in [2.24, 2.45) is 11.3 Å². The molecule has 26 heavy (non-hydrogen) atoms. The summed E-state index contributed by atoms with van der Waals surface area (Å²) in [6, 6.07) is 10.3. The van der Waals surface area contributed by atoms with Gasteiger partial charge in [0.15, 0.2) is 0 Å². The quantitative estimate of drug-likeness (QED) is 0.745. The highest BCUT2D eigenvalue weighted by atomic mass is 16.6. The zero-order valence-corrected chi connectivity index (χ0v) is 17.0. The van der Waals surface area contributed by atoms with Crippen LogP contribution in [0.2, 0.25) is 0 Å². The first-order valence-corrected chi connectivity index (χ1v) is 9.79. The van der Waals surface area contributed by atoms with Crippen LogP contribution in [-0.2, 0) is 16.0 Å². The summed E-state index contributed by atoms with van der Waals surface area (Å²) in [5, 5.41) is 11.1. The van der Waals surface area contributed by atoms with E-state index in [1.54, 1.807) is 0 Å². The third kappa shape index (κ3) is 5.82. The number of hydrogen-bond donors (Lipinski definition) is 1. The molecule has 0 aromatic heterocycles. The van der Waals surface area contributed by atoms with E-state index in [9.17, 15) is 9.90 Å². The van der Waals surface area contributed by atoms with Crippen molar-refractivity contribution in [2.75, 3.05) is 13.1 Å². The minimum Gasteiger partial charge on any atom is -0.460 e. The van der Waals surface area contributed by atoms with E-state index < -0.39 is 17.2 Å². The van der Waals surface area contributed by atoms with Gasteiger partial charge in [0.05, 0.1) is 6.42 Å². The maximum atomic E-state index is 12.5. The summed E-state index contributed by atoms with van der Waals surface area (Å²) >= 11 is 0. The lowest BCUT2D eigenvalue weighted by atomic mass is 9.75. The Hall–Kier alpha value is -1.39. The van der Waals surface area contributed by atoms with Crippen LogP contribution in [0.5, 0.6) is 0 Å². The predicted octanol–water partition coefficient (Wildman–Crippen LogP) is 4.02. The summed E-state index contributed by atoms with van der Waals surface area (Å²) < 4.78 is 5.55. The van der Waals surface area contributed by atoms with Crippen molar-refractivity contribution in [1.29, 1.82) is 0 Å². The first-order chi connectivity index (χ1) is 12.1. The van der Waals surface area contributed by atoms with Crippen LogP contribution in [0.4, 0.5) is 0 Å². The Morgan fingerprint density at radius 2 is 1.96 bits per heavy atom. The zero-order chi connectivity index (χ0) is 19.4. The van der Waals surface area contributed by atoms with Crippen molar-refractivity contribution in [3.8, 4) is 0 Å². The smallest absolute Gasteiger partial charge is 0.307 e. The molecule has 4 nitrogen and oxygen atoms in total. The molecule has 1 aromatic rings. The fourth-order valence-corrected chi connectivity index (χ4v) is 4.09. The number of benzene rings is 1. The summed E-state index contributed by atoms with van der Waals surface area (Å²) in [5.41, 5.74) is 0.369. The number of likely N-dealkylation sites (tertiary alicyclic amines) is 1. The van der Waals surface area contributed by atoms with Crippen LogP contribution in [0.3, 0.4) is 0 Å². The first-order valence-electron chi connectivity index (χ1n) is 9.79. The molecule has 0 spiro atoms. The number of aliphatic hydroxyl groups excluding tert-OH is 1. The van der Waals surface area contributed by atoms with E-state index in [0.29, 0.717) is 5.92 Å². The van der Waals surface area contributed by atoms with Crippen LogP contribution >= 0.6 is 0 Å². The van der Waals surface area contributed by atoms with Gasteiger partial charge in [-0.1, -0.05) is 44.2 Å². The summed E-state index contributed by atoms with van der Waals surface area (Å²) in [4.78, 5) is 14.6. The molecule has 0 bridgehead atoms. The van der Waals surface area contributed by atoms with Gasteiger partial charge in [0, 0.05) is 18.5 Å². The lowest BCUT2D eigenvalue weighted by Gasteiger charge is -2.36. The molecule has 0 saturated carbocycles. The Morgan fingerprint density at radius 3 is 2.54 bits per heavy atom. The molecule has 1 fully saturated rings. The van der Waals surface area contributed by atoms with Gasteiger partial charge in [-0.15, -0.1) is 0 Å². The molecule has 4 heteroatoms. The maximum Gasteiger partial charge on any atom is 0.307 e.